The molecular formula is C38H53N7O3. The molecule has 0 saturated carbocycles. The van der Waals surface area contributed by atoms with E-state index in [9.17, 15) is 9.59 Å². The number of hydrogen-bond acceptors (Lipinski definition) is 8. The number of aryl methyl sites for hydroxylation is 2. The van der Waals surface area contributed by atoms with E-state index < -0.39 is 0 Å². The van der Waals surface area contributed by atoms with Crippen molar-refractivity contribution in [2.24, 2.45) is 0 Å². The molecule has 3 fully saturated rings. The molecule has 0 bridgehead atoms. The number of rotatable bonds is 9. The highest BCUT2D eigenvalue weighted by atomic mass is 16.5. The van der Waals surface area contributed by atoms with Gasteiger partial charge in [-0.3, -0.25) is 14.5 Å². The minimum Gasteiger partial charge on any atom is -0.381 e. The third-order valence-electron chi connectivity index (χ3n) is 10.8. The zero-order valence-electron chi connectivity index (χ0n) is 29.5. The molecular weight excluding hydrogens is 602 g/mol. The van der Waals surface area contributed by atoms with Crippen LogP contribution in [0.15, 0.2) is 41.3 Å². The first-order valence-electron chi connectivity index (χ1n) is 17.8. The topological polar surface area (TPSA) is 97.0 Å². The number of pyridine rings is 2. The Kier molecular flexibility index (Phi) is 10.8. The van der Waals surface area contributed by atoms with Gasteiger partial charge in [0, 0.05) is 98.8 Å². The van der Waals surface area contributed by atoms with Gasteiger partial charge in [0.05, 0.1) is 0 Å². The van der Waals surface area contributed by atoms with E-state index >= 15 is 0 Å². The summed E-state index contributed by atoms with van der Waals surface area (Å²) in [5.74, 6) is 0.813. The van der Waals surface area contributed by atoms with E-state index in [4.69, 9.17) is 9.72 Å². The summed E-state index contributed by atoms with van der Waals surface area (Å²) in [5.41, 5.74) is 6.64. The van der Waals surface area contributed by atoms with Gasteiger partial charge in [-0.1, -0.05) is 0 Å². The number of piperidine rings is 1. The van der Waals surface area contributed by atoms with Gasteiger partial charge in [0.15, 0.2) is 0 Å². The fourth-order valence-corrected chi connectivity index (χ4v) is 7.81. The summed E-state index contributed by atoms with van der Waals surface area (Å²) >= 11 is 0. The normalized spacial score (nSPS) is 18.6. The van der Waals surface area contributed by atoms with Crippen LogP contribution in [-0.2, 0) is 11.3 Å². The quantitative estimate of drug-likeness (QED) is 0.348. The van der Waals surface area contributed by atoms with Gasteiger partial charge >= 0.3 is 0 Å². The van der Waals surface area contributed by atoms with E-state index in [1.54, 1.807) is 0 Å². The van der Waals surface area contributed by atoms with Crippen molar-refractivity contribution in [2.45, 2.75) is 72.0 Å². The van der Waals surface area contributed by atoms with E-state index in [0.717, 1.165) is 98.2 Å². The Morgan fingerprint density at radius 1 is 0.979 bits per heavy atom. The molecule has 6 rings (SSSR count). The van der Waals surface area contributed by atoms with Crippen LogP contribution in [0.2, 0.25) is 0 Å². The zero-order chi connectivity index (χ0) is 33.8. The highest BCUT2D eigenvalue weighted by molar-refractivity contribution is 5.99. The van der Waals surface area contributed by atoms with Gasteiger partial charge in [-0.05, 0) is 121 Å². The fraction of sp³-hybridized carbons (Fsp3) is 0.553. The number of aromatic nitrogens is 2. The standard InChI is InChI=1S/C38H53N7O3/c1-6-45(32-11-19-48-20-12-32)35-23-30(22-33(28(35)4)37(46)40-25-34-26(2)21-27(3)41-38(34)47)29-7-8-36(39-24-29)44-17-15-43(16-18-44)31-9-13-42(5)14-10-31/h7-8,21-24,31-32H,6,9-20,25H2,1-5H3,(H,40,46)(H,41,47). The first-order valence-corrected chi connectivity index (χ1v) is 17.8. The third kappa shape index (κ3) is 7.61. The lowest BCUT2D eigenvalue weighted by molar-refractivity contribution is 0.0846. The SMILES string of the molecule is CCN(c1cc(-c2ccc(N3CCN(C4CCN(C)CC4)CC3)nc2)cc(C(=O)NCc2c(C)cc(C)[nH]c2=O)c1C)C1CCOCC1. The highest BCUT2D eigenvalue weighted by Gasteiger charge is 2.28. The summed E-state index contributed by atoms with van der Waals surface area (Å²) in [5, 5.41) is 3.05. The van der Waals surface area contributed by atoms with Crippen molar-refractivity contribution in [2.75, 3.05) is 75.9 Å². The number of aromatic amines is 1. The van der Waals surface area contributed by atoms with Crippen molar-refractivity contribution in [1.29, 1.82) is 0 Å². The number of amides is 1. The number of H-pyrrole nitrogens is 1. The number of anilines is 2. The van der Waals surface area contributed by atoms with Crippen LogP contribution in [-0.4, -0.2) is 104 Å². The molecule has 258 valence electrons. The number of nitrogens with one attached hydrogen (secondary N) is 2. The van der Waals surface area contributed by atoms with Crippen molar-refractivity contribution in [3.05, 3.63) is 74.8 Å². The zero-order valence-corrected chi connectivity index (χ0v) is 29.5. The molecule has 10 nitrogen and oxygen atoms in total. The molecule has 1 amide bonds. The van der Waals surface area contributed by atoms with Crippen molar-refractivity contribution in [3.8, 4) is 11.1 Å². The summed E-state index contributed by atoms with van der Waals surface area (Å²) < 4.78 is 5.68. The molecule has 0 radical (unpaired) electrons. The molecule has 2 N–H and O–H groups in total. The highest BCUT2D eigenvalue weighted by Crippen LogP contribution is 2.34. The van der Waals surface area contributed by atoms with Gasteiger partial charge in [0.25, 0.3) is 11.5 Å². The third-order valence-corrected chi connectivity index (χ3v) is 10.8. The average molecular weight is 656 g/mol. The van der Waals surface area contributed by atoms with Crippen molar-refractivity contribution >= 4 is 17.4 Å². The summed E-state index contributed by atoms with van der Waals surface area (Å²) in [6, 6.07) is 11.4. The molecule has 0 unspecified atom stereocenters. The molecule has 0 aliphatic carbocycles. The summed E-state index contributed by atoms with van der Waals surface area (Å²) in [6.07, 6.45) is 6.38. The molecule has 5 heterocycles. The van der Waals surface area contributed by atoms with Crippen molar-refractivity contribution in [1.82, 2.24) is 25.1 Å². The number of ether oxygens (including phenoxy) is 1. The maximum atomic E-state index is 13.9. The Hall–Kier alpha value is -3.73. The number of nitrogens with zero attached hydrogens (tertiary/aromatic N) is 5. The second-order valence-electron chi connectivity index (χ2n) is 13.9. The second kappa shape index (κ2) is 15.2. The molecule has 0 atom stereocenters. The van der Waals surface area contributed by atoms with Crippen LogP contribution in [0.4, 0.5) is 11.5 Å². The van der Waals surface area contributed by atoms with Crippen LogP contribution in [0.3, 0.4) is 0 Å². The van der Waals surface area contributed by atoms with E-state index in [1.807, 2.05) is 39.1 Å². The predicted octanol–water partition coefficient (Wildman–Crippen LogP) is 4.51. The smallest absolute Gasteiger partial charge is 0.253 e. The van der Waals surface area contributed by atoms with E-state index in [2.05, 4.69) is 62.1 Å². The first kappa shape index (κ1) is 34.1. The average Bonchev–Trinajstić information content (AvgIpc) is 3.10. The number of hydrogen-bond donors (Lipinski definition) is 2. The monoisotopic (exact) mass is 655 g/mol. The van der Waals surface area contributed by atoms with Gasteiger partial charge in [-0.2, -0.15) is 0 Å². The lowest BCUT2D eigenvalue weighted by atomic mass is 9.95. The Bertz CT molecular complexity index is 1620. The van der Waals surface area contributed by atoms with Crippen LogP contribution in [0, 0.1) is 20.8 Å². The van der Waals surface area contributed by atoms with Crippen molar-refractivity contribution in [3.63, 3.8) is 0 Å². The second-order valence-corrected chi connectivity index (χ2v) is 13.9. The van der Waals surface area contributed by atoms with Crippen LogP contribution in [0.5, 0.6) is 0 Å². The maximum Gasteiger partial charge on any atom is 0.253 e. The van der Waals surface area contributed by atoms with E-state index in [-0.39, 0.29) is 18.0 Å². The first-order chi connectivity index (χ1) is 23.2. The number of likely N-dealkylation sites (tertiary alicyclic amines) is 1. The lowest BCUT2D eigenvalue weighted by Crippen LogP contribution is -2.53. The Labute approximate surface area is 285 Å². The molecule has 3 aliphatic heterocycles. The van der Waals surface area contributed by atoms with Gasteiger partial charge in [0.1, 0.15) is 5.82 Å². The minimum atomic E-state index is -0.190. The van der Waals surface area contributed by atoms with Crippen LogP contribution in [0.1, 0.15) is 65.3 Å². The Balaban J connectivity index is 1.24. The van der Waals surface area contributed by atoms with E-state index in [1.165, 1.54) is 25.9 Å². The molecule has 3 saturated heterocycles. The molecule has 3 aliphatic rings. The van der Waals surface area contributed by atoms with Gasteiger partial charge < -0.3 is 29.7 Å². The molecule has 0 spiro atoms. The molecule has 2 aromatic heterocycles. The molecule has 1 aromatic carbocycles. The largest absolute Gasteiger partial charge is 0.381 e. The summed E-state index contributed by atoms with van der Waals surface area (Å²) in [6.45, 7) is 17.0. The van der Waals surface area contributed by atoms with E-state index in [0.29, 0.717) is 23.2 Å². The van der Waals surface area contributed by atoms with Gasteiger partial charge in [0.2, 0.25) is 0 Å². The maximum absolute atomic E-state index is 13.9. The lowest BCUT2D eigenvalue weighted by Gasteiger charge is -2.42. The van der Waals surface area contributed by atoms with Crippen LogP contribution >= 0.6 is 0 Å². The molecule has 3 aromatic rings. The summed E-state index contributed by atoms with van der Waals surface area (Å²) in [4.78, 5) is 44.3. The van der Waals surface area contributed by atoms with Gasteiger partial charge in [-0.15, -0.1) is 0 Å². The van der Waals surface area contributed by atoms with Crippen LogP contribution < -0.4 is 20.7 Å². The van der Waals surface area contributed by atoms with Gasteiger partial charge in [-0.25, -0.2) is 4.98 Å². The Morgan fingerprint density at radius 3 is 2.35 bits per heavy atom. The van der Waals surface area contributed by atoms with Crippen molar-refractivity contribution < 1.29 is 9.53 Å². The number of benzene rings is 1. The number of carbonyl (C=O) groups excluding carboxylic acids is 1. The molecule has 48 heavy (non-hydrogen) atoms. The predicted molar refractivity (Wildman–Crippen MR) is 193 cm³/mol. The fourth-order valence-electron chi connectivity index (χ4n) is 7.81. The Morgan fingerprint density at radius 2 is 1.71 bits per heavy atom. The summed E-state index contributed by atoms with van der Waals surface area (Å²) in [7, 11) is 2.22. The number of piperazine rings is 1. The number of carbonyl (C=O) groups is 1. The van der Waals surface area contributed by atoms with Crippen LogP contribution in [0.25, 0.3) is 11.1 Å². The minimum absolute atomic E-state index is 0.162. The molecule has 10 heteroatoms.